The summed E-state index contributed by atoms with van der Waals surface area (Å²) in [6.07, 6.45) is 7.36. The van der Waals surface area contributed by atoms with Crippen LogP contribution in [0.3, 0.4) is 0 Å². The molecule has 0 bridgehead atoms. The number of amides is 1. The second-order valence-electron chi connectivity index (χ2n) is 8.09. The smallest absolute Gasteiger partial charge is 0.257 e. The number of carbonyl (C=O) groups is 1. The molecule has 1 aromatic heterocycles. The Morgan fingerprint density at radius 2 is 1.77 bits per heavy atom. The molecular weight excluding hydrogens is 404 g/mol. The lowest BCUT2D eigenvalue weighted by molar-refractivity contribution is 0.102. The average molecular weight is 437 g/mol. The number of hydrogen-bond donors (Lipinski definition) is 1. The fourth-order valence-electron chi connectivity index (χ4n) is 3.26. The molecule has 0 aliphatic carbocycles. The van der Waals surface area contributed by atoms with Crippen molar-refractivity contribution in [2.24, 2.45) is 0 Å². The van der Waals surface area contributed by atoms with Crippen LogP contribution in [0.15, 0.2) is 54.7 Å². The number of nitrogens with one attached hydrogen (secondary N) is 1. The van der Waals surface area contributed by atoms with Crippen LogP contribution in [0.1, 0.15) is 78.7 Å². The summed E-state index contributed by atoms with van der Waals surface area (Å²) in [6.45, 7) is 7.31. The molecule has 0 unspecified atom stereocenters. The molecule has 0 fully saturated rings. The highest BCUT2D eigenvalue weighted by Crippen LogP contribution is 2.23. The number of thiazole rings is 1. The molecule has 1 heterocycles. The third-order valence-corrected chi connectivity index (χ3v) is 6.09. The van der Waals surface area contributed by atoms with Crippen molar-refractivity contribution >= 4 is 22.4 Å². The van der Waals surface area contributed by atoms with E-state index >= 15 is 0 Å². The molecule has 0 saturated heterocycles. The number of nitrogens with zero attached hydrogens (tertiary/aromatic N) is 1. The van der Waals surface area contributed by atoms with Gasteiger partial charge in [0.25, 0.3) is 5.91 Å². The van der Waals surface area contributed by atoms with E-state index in [-0.39, 0.29) is 5.91 Å². The predicted molar refractivity (Wildman–Crippen MR) is 129 cm³/mol. The van der Waals surface area contributed by atoms with Crippen molar-refractivity contribution in [3.05, 3.63) is 76.3 Å². The Kier molecular flexibility index (Phi) is 8.65. The Balaban J connectivity index is 1.50. The van der Waals surface area contributed by atoms with Crippen LogP contribution in [0.4, 0.5) is 5.13 Å². The number of anilines is 1. The molecule has 0 saturated carbocycles. The van der Waals surface area contributed by atoms with Crippen molar-refractivity contribution in [2.75, 3.05) is 11.9 Å². The van der Waals surface area contributed by atoms with Gasteiger partial charge < -0.3 is 4.74 Å². The molecule has 31 heavy (non-hydrogen) atoms. The quantitative estimate of drug-likeness (QED) is 0.327. The second-order valence-corrected chi connectivity index (χ2v) is 9.21. The lowest BCUT2D eigenvalue weighted by Gasteiger charge is -2.07. The summed E-state index contributed by atoms with van der Waals surface area (Å²) in [7, 11) is 0. The number of hydrogen-bond acceptors (Lipinski definition) is 4. The maximum Gasteiger partial charge on any atom is 0.257 e. The Labute approximate surface area is 189 Å². The zero-order chi connectivity index (χ0) is 22.1. The van der Waals surface area contributed by atoms with Crippen molar-refractivity contribution in [3.8, 4) is 5.75 Å². The van der Waals surface area contributed by atoms with Gasteiger partial charge in [-0.05, 0) is 47.7 Å². The van der Waals surface area contributed by atoms with E-state index in [1.807, 2.05) is 18.3 Å². The SMILES string of the molecule is CCCCCCOc1ccc(C(=O)Nc2ncc(Cc3ccc(C(C)C)cc3)s2)cc1. The summed E-state index contributed by atoms with van der Waals surface area (Å²) in [5.41, 5.74) is 3.18. The predicted octanol–water partition coefficient (Wildman–Crippen LogP) is 7.07. The molecule has 4 nitrogen and oxygen atoms in total. The van der Waals surface area contributed by atoms with E-state index in [1.165, 1.54) is 41.7 Å². The van der Waals surface area contributed by atoms with Crippen LogP contribution in [0, 0.1) is 0 Å². The van der Waals surface area contributed by atoms with Gasteiger partial charge in [-0.3, -0.25) is 10.1 Å². The van der Waals surface area contributed by atoms with Gasteiger partial charge in [0.05, 0.1) is 6.61 Å². The van der Waals surface area contributed by atoms with E-state index in [2.05, 4.69) is 55.3 Å². The van der Waals surface area contributed by atoms with Gasteiger partial charge in [-0.1, -0.05) is 64.3 Å². The van der Waals surface area contributed by atoms with Crippen molar-refractivity contribution in [1.82, 2.24) is 4.98 Å². The lowest BCUT2D eigenvalue weighted by Crippen LogP contribution is -2.11. The molecule has 0 spiro atoms. The van der Waals surface area contributed by atoms with E-state index in [0.717, 1.165) is 23.5 Å². The molecule has 0 aliphatic heterocycles. The largest absolute Gasteiger partial charge is 0.494 e. The zero-order valence-electron chi connectivity index (χ0n) is 18.7. The second kappa shape index (κ2) is 11.7. The van der Waals surface area contributed by atoms with Crippen molar-refractivity contribution in [1.29, 1.82) is 0 Å². The van der Waals surface area contributed by atoms with Crippen LogP contribution in [-0.4, -0.2) is 17.5 Å². The van der Waals surface area contributed by atoms with Gasteiger partial charge in [0, 0.05) is 23.1 Å². The summed E-state index contributed by atoms with van der Waals surface area (Å²) >= 11 is 1.51. The molecule has 5 heteroatoms. The Morgan fingerprint density at radius 1 is 1.03 bits per heavy atom. The van der Waals surface area contributed by atoms with Gasteiger partial charge in [-0.2, -0.15) is 0 Å². The first-order valence-electron chi connectivity index (χ1n) is 11.1. The molecule has 164 valence electrons. The minimum atomic E-state index is -0.156. The third-order valence-electron chi connectivity index (χ3n) is 5.18. The van der Waals surface area contributed by atoms with E-state index in [9.17, 15) is 4.79 Å². The molecule has 1 amide bonds. The van der Waals surface area contributed by atoms with Gasteiger partial charge in [0.1, 0.15) is 5.75 Å². The van der Waals surface area contributed by atoms with E-state index < -0.39 is 0 Å². The zero-order valence-corrected chi connectivity index (χ0v) is 19.5. The summed E-state index contributed by atoms with van der Waals surface area (Å²) in [4.78, 5) is 18.0. The summed E-state index contributed by atoms with van der Waals surface area (Å²) in [5.74, 6) is 1.18. The Bertz CT molecular complexity index is 946. The minimum absolute atomic E-state index is 0.156. The monoisotopic (exact) mass is 436 g/mol. The number of carbonyl (C=O) groups excluding carboxylic acids is 1. The molecule has 0 aliphatic rings. The van der Waals surface area contributed by atoms with Gasteiger partial charge in [-0.25, -0.2) is 4.98 Å². The number of rotatable bonds is 11. The molecular formula is C26H32N2O2S. The lowest BCUT2D eigenvalue weighted by atomic mass is 10.0. The van der Waals surface area contributed by atoms with Gasteiger partial charge in [0.2, 0.25) is 0 Å². The van der Waals surface area contributed by atoms with E-state index in [4.69, 9.17) is 4.74 Å². The average Bonchev–Trinajstić information content (AvgIpc) is 3.21. The molecule has 3 aromatic rings. The molecule has 0 atom stereocenters. The number of unbranched alkanes of at least 4 members (excludes halogenated alkanes) is 3. The van der Waals surface area contributed by atoms with Crippen LogP contribution in [0.25, 0.3) is 0 Å². The summed E-state index contributed by atoms with van der Waals surface area (Å²) in [5, 5.41) is 3.52. The van der Waals surface area contributed by atoms with E-state index in [0.29, 0.717) is 23.2 Å². The highest BCUT2D eigenvalue weighted by molar-refractivity contribution is 7.15. The van der Waals surface area contributed by atoms with Gasteiger partial charge >= 0.3 is 0 Å². The first kappa shape index (κ1) is 23.0. The van der Waals surface area contributed by atoms with Crippen LogP contribution < -0.4 is 10.1 Å². The van der Waals surface area contributed by atoms with Crippen molar-refractivity contribution in [3.63, 3.8) is 0 Å². The minimum Gasteiger partial charge on any atom is -0.494 e. The van der Waals surface area contributed by atoms with Crippen LogP contribution in [0.2, 0.25) is 0 Å². The first-order chi connectivity index (χ1) is 15.0. The summed E-state index contributed by atoms with van der Waals surface area (Å²) < 4.78 is 5.74. The summed E-state index contributed by atoms with van der Waals surface area (Å²) in [6, 6.07) is 16.0. The molecule has 2 aromatic carbocycles. The van der Waals surface area contributed by atoms with Gasteiger partial charge in [0.15, 0.2) is 5.13 Å². The molecule has 1 N–H and O–H groups in total. The highest BCUT2D eigenvalue weighted by Gasteiger charge is 2.10. The molecule has 0 radical (unpaired) electrons. The standard InChI is InChI=1S/C26H32N2O2S/c1-4-5-6-7-16-30-23-14-12-22(13-15-23)25(29)28-26-27-18-24(31-26)17-20-8-10-21(11-9-20)19(2)3/h8-15,18-19H,4-7,16-17H2,1-3H3,(H,27,28,29). The van der Waals surface area contributed by atoms with E-state index in [1.54, 1.807) is 12.1 Å². The fourth-order valence-corrected chi connectivity index (χ4v) is 4.10. The highest BCUT2D eigenvalue weighted by atomic mass is 32.1. The Hall–Kier alpha value is -2.66. The third kappa shape index (κ3) is 7.21. The van der Waals surface area contributed by atoms with Crippen LogP contribution >= 0.6 is 11.3 Å². The number of ether oxygens (including phenoxy) is 1. The number of aromatic nitrogens is 1. The normalized spacial score (nSPS) is 11.0. The maximum absolute atomic E-state index is 12.5. The Morgan fingerprint density at radius 3 is 2.45 bits per heavy atom. The maximum atomic E-state index is 12.5. The fraction of sp³-hybridized carbons (Fsp3) is 0.385. The van der Waals surface area contributed by atoms with Crippen LogP contribution in [-0.2, 0) is 6.42 Å². The van der Waals surface area contributed by atoms with Crippen molar-refractivity contribution in [2.45, 2.75) is 58.8 Å². The van der Waals surface area contributed by atoms with Crippen LogP contribution in [0.5, 0.6) is 5.75 Å². The van der Waals surface area contributed by atoms with Crippen molar-refractivity contribution < 1.29 is 9.53 Å². The van der Waals surface area contributed by atoms with Gasteiger partial charge in [-0.15, -0.1) is 11.3 Å². The first-order valence-corrected chi connectivity index (χ1v) is 11.9. The molecule has 3 rings (SSSR count). The topological polar surface area (TPSA) is 51.2 Å². The number of benzene rings is 2.